The van der Waals surface area contributed by atoms with Crippen LogP contribution < -0.4 is 4.90 Å². The van der Waals surface area contributed by atoms with Gasteiger partial charge in [-0.15, -0.1) is 0 Å². The minimum atomic E-state index is -0.717. The molecule has 0 spiro atoms. The second-order valence-electron chi connectivity index (χ2n) is 9.43. The number of aromatic nitrogens is 4. The number of fused-ring (bicyclic) bond motifs is 4. The van der Waals surface area contributed by atoms with Gasteiger partial charge in [-0.25, -0.2) is 19.3 Å². The van der Waals surface area contributed by atoms with Gasteiger partial charge in [0, 0.05) is 56.1 Å². The van der Waals surface area contributed by atoms with Crippen molar-refractivity contribution in [1.82, 2.24) is 24.8 Å². The fourth-order valence-electron chi connectivity index (χ4n) is 5.16. The molecule has 0 aliphatic carbocycles. The van der Waals surface area contributed by atoms with Crippen molar-refractivity contribution < 1.29 is 18.1 Å². The Labute approximate surface area is 214 Å². The number of H-pyrrole nitrogens is 1. The Balaban J connectivity index is 1.38. The Morgan fingerprint density at radius 2 is 1.89 bits per heavy atom. The number of halogens is 1. The number of benzene rings is 1. The molecule has 2 aliphatic heterocycles. The number of nitrogens with zero attached hydrogens (tertiary/aromatic N) is 5. The second-order valence-corrected chi connectivity index (χ2v) is 11.1. The van der Waals surface area contributed by atoms with Gasteiger partial charge in [0.2, 0.25) is 5.71 Å². The second kappa shape index (κ2) is 9.25. The van der Waals surface area contributed by atoms with Gasteiger partial charge < -0.3 is 23.6 Å². The van der Waals surface area contributed by atoms with E-state index in [1.54, 1.807) is 12.3 Å². The quantitative estimate of drug-likeness (QED) is 0.359. The summed E-state index contributed by atoms with van der Waals surface area (Å²) in [7, 11) is 0. The third-order valence-electron chi connectivity index (χ3n) is 7.11. The maximum absolute atomic E-state index is 14.4. The van der Waals surface area contributed by atoms with Crippen molar-refractivity contribution in [3.63, 3.8) is 0 Å². The van der Waals surface area contributed by atoms with Gasteiger partial charge in [0.1, 0.15) is 22.8 Å². The Morgan fingerprint density at radius 3 is 2.73 bits per heavy atom. The van der Waals surface area contributed by atoms with Crippen molar-refractivity contribution in [2.75, 3.05) is 55.8 Å². The van der Waals surface area contributed by atoms with E-state index in [0.717, 1.165) is 41.5 Å². The lowest BCUT2D eigenvalue weighted by Crippen LogP contribution is -2.39. The highest BCUT2D eigenvalue weighted by atomic mass is 32.2. The lowest BCUT2D eigenvalue weighted by atomic mass is 10.1. The lowest BCUT2D eigenvalue weighted by molar-refractivity contribution is 0.122. The molecule has 9 nitrogen and oxygen atoms in total. The molecule has 0 amide bonds. The summed E-state index contributed by atoms with van der Waals surface area (Å²) in [6.45, 7) is 4.90. The van der Waals surface area contributed by atoms with E-state index in [-0.39, 0.29) is 5.82 Å². The van der Waals surface area contributed by atoms with Crippen LogP contribution in [-0.2, 0) is 22.5 Å². The van der Waals surface area contributed by atoms with E-state index >= 15 is 0 Å². The average molecular weight is 521 g/mol. The number of anilines is 1. The molecule has 0 bridgehead atoms. The molecule has 0 unspecified atom stereocenters. The van der Waals surface area contributed by atoms with Gasteiger partial charge in [-0.1, -0.05) is 11.2 Å². The third-order valence-corrected chi connectivity index (χ3v) is 8.39. The SMILES string of the molecule is [O-][S+]1CCN(Cc2cnc3oc4c(N5CCOCC5)nc(-c5ccc(F)c6[nH]ccc56)nc4c3c2)CC1. The molecule has 0 atom stereocenters. The summed E-state index contributed by atoms with van der Waals surface area (Å²) in [6.07, 6.45) is 3.56. The topological polar surface area (TPSA) is 106 Å². The molecule has 4 aromatic heterocycles. The van der Waals surface area contributed by atoms with Gasteiger partial charge >= 0.3 is 0 Å². The molecule has 7 rings (SSSR count). The molecular weight excluding hydrogens is 495 g/mol. The van der Waals surface area contributed by atoms with Crippen molar-refractivity contribution in [3.05, 3.63) is 48.0 Å². The fraction of sp³-hybridized carbons (Fsp3) is 0.346. The van der Waals surface area contributed by atoms with E-state index in [9.17, 15) is 8.94 Å². The summed E-state index contributed by atoms with van der Waals surface area (Å²) in [5.41, 5.74) is 4.00. The van der Waals surface area contributed by atoms with Gasteiger partial charge in [-0.3, -0.25) is 4.90 Å². The van der Waals surface area contributed by atoms with Crippen LogP contribution in [0.5, 0.6) is 0 Å². The maximum atomic E-state index is 14.4. The van der Waals surface area contributed by atoms with E-state index in [2.05, 4.69) is 25.8 Å². The van der Waals surface area contributed by atoms with Crippen LogP contribution in [0.3, 0.4) is 0 Å². The number of morpholine rings is 1. The van der Waals surface area contributed by atoms with Gasteiger partial charge in [0.25, 0.3) is 0 Å². The summed E-state index contributed by atoms with van der Waals surface area (Å²) in [5, 5.41) is 1.54. The van der Waals surface area contributed by atoms with Crippen molar-refractivity contribution in [2.24, 2.45) is 0 Å². The zero-order valence-electron chi connectivity index (χ0n) is 20.1. The number of hydrogen-bond acceptors (Lipinski definition) is 8. The first-order valence-electron chi connectivity index (χ1n) is 12.4. The normalized spacial score (nSPS) is 17.9. The first-order chi connectivity index (χ1) is 18.1. The van der Waals surface area contributed by atoms with E-state index in [1.807, 2.05) is 12.3 Å². The molecule has 6 heterocycles. The Hall–Kier alpha value is -3.25. The third kappa shape index (κ3) is 4.11. The molecule has 37 heavy (non-hydrogen) atoms. The van der Waals surface area contributed by atoms with E-state index in [1.165, 1.54) is 6.07 Å². The summed E-state index contributed by atoms with van der Waals surface area (Å²) < 4.78 is 38.0. The predicted octanol–water partition coefficient (Wildman–Crippen LogP) is 3.46. The number of aromatic amines is 1. The number of hydrogen-bond donors (Lipinski definition) is 1. The minimum absolute atomic E-state index is 0.317. The van der Waals surface area contributed by atoms with Crippen LogP contribution in [0.15, 0.2) is 41.1 Å². The van der Waals surface area contributed by atoms with Crippen LogP contribution in [0.2, 0.25) is 0 Å². The Bertz CT molecular complexity index is 1610. The highest BCUT2D eigenvalue weighted by molar-refractivity contribution is 7.91. The van der Waals surface area contributed by atoms with Crippen LogP contribution in [0, 0.1) is 5.82 Å². The number of nitrogens with one attached hydrogen (secondary N) is 1. The molecule has 11 heteroatoms. The molecule has 0 radical (unpaired) electrons. The zero-order valence-corrected chi connectivity index (χ0v) is 20.9. The highest BCUT2D eigenvalue weighted by Crippen LogP contribution is 2.36. The van der Waals surface area contributed by atoms with E-state index < -0.39 is 11.2 Å². The summed E-state index contributed by atoms with van der Waals surface area (Å²) in [4.78, 5) is 21.9. The smallest absolute Gasteiger partial charge is 0.229 e. The van der Waals surface area contributed by atoms with Crippen LogP contribution >= 0.6 is 0 Å². The number of pyridine rings is 1. The molecule has 2 saturated heterocycles. The molecule has 190 valence electrons. The molecule has 5 aromatic rings. The predicted molar refractivity (Wildman–Crippen MR) is 141 cm³/mol. The molecule has 1 aromatic carbocycles. The van der Waals surface area contributed by atoms with Crippen molar-refractivity contribution in [3.8, 4) is 11.4 Å². The van der Waals surface area contributed by atoms with E-state index in [0.29, 0.717) is 71.8 Å². The molecular formula is C26H25FN6O3S. The highest BCUT2D eigenvalue weighted by Gasteiger charge is 2.25. The Kier molecular flexibility index (Phi) is 5.73. The molecule has 2 fully saturated rings. The number of ether oxygens (including phenoxy) is 1. The number of rotatable bonds is 4. The van der Waals surface area contributed by atoms with Gasteiger partial charge in [0.15, 0.2) is 17.2 Å². The molecule has 1 N–H and O–H groups in total. The van der Waals surface area contributed by atoms with Crippen LogP contribution in [0.1, 0.15) is 5.56 Å². The minimum Gasteiger partial charge on any atom is -0.616 e. The summed E-state index contributed by atoms with van der Waals surface area (Å²) >= 11 is -0.717. The van der Waals surface area contributed by atoms with Gasteiger partial charge in [-0.05, 0) is 29.8 Å². The van der Waals surface area contributed by atoms with E-state index in [4.69, 9.17) is 19.1 Å². The number of furan rings is 1. The van der Waals surface area contributed by atoms with Gasteiger partial charge in [-0.2, -0.15) is 0 Å². The molecule has 2 aliphatic rings. The molecule has 0 saturated carbocycles. The van der Waals surface area contributed by atoms with Gasteiger partial charge in [0.05, 0.1) is 24.1 Å². The largest absolute Gasteiger partial charge is 0.616 e. The summed E-state index contributed by atoms with van der Waals surface area (Å²) in [5.74, 6) is 2.28. The first kappa shape index (κ1) is 22.9. The van der Waals surface area contributed by atoms with Crippen LogP contribution in [0.25, 0.3) is 44.5 Å². The van der Waals surface area contributed by atoms with Crippen molar-refractivity contribution in [1.29, 1.82) is 0 Å². The van der Waals surface area contributed by atoms with Crippen LogP contribution in [0.4, 0.5) is 10.2 Å². The zero-order chi connectivity index (χ0) is 24.9. The fourth-order valence-corrected chi connectivity index (χ4v) is 6.29. The maximum Gasteiger partial charge on any atom is 0.229 e. The Morgan fingerprint density at radius 1 is 1.05 bits per heavy atom. The lowest BCUT2D eigenvalue weighted by Gasteiger charge is -2.28. The first-order valence-corrected chi connectivity index (χ1v) is 13.9. The van der Waals surface area contributed by atoms with Crippen LogP contribution in [-0.4, -0.2) is 80.3 Å². The average Bonchev–Trinajstić information content (AvgIpc) is 3.56. The standard InChI is InChI=1S/C26H25FN6O3S/c27-20-2-1-18(17-3-4-28-21(17)20)24-30-22-19-13-16(15-32-7-11-37(34)12-8-32)14-29-26(19)36-23(22)25(31-24)33-5-9-35-10-6-33/h1-4,13-14,28H,5-12,15H2. The summed E-state index contributed by atoms with van der Waals surface area (Å²) in [6, 6.07) is 7.08. The van der Waals surface area contributed by atoms with Crippen molar-refractivity contribution >= 4 is 50.1 Å². The monoisotopic (exact) mass is 520 g/mol. The van der Waals surface area contributed by atoms with Crippen molar-refractivity contribution in [2.45, 2.75) is 6.54 Å².